The molecule has 0 aromatic carbocycles. The summed E-state index contributed by atoms with van der Waals surface area (Å²) in [5.41, 5.74) is 10.6. The van der Waals surface area contributed by atoms with Gasteiger partial charge in [-0.15, -0.1) is 0 Å². The number of carbonyl (C=O) groups excluding carboxylic acids is 4. The summed E-state index contributed by atoms with van der Waals surface area (Å²) in [6.45, 7) is 15.3. The average Bonchev–Trinajstić information content (AvgIpc) is 4.11. The normalized spacial score (nSPS) is 17.7. The Morgan fingerprint density at radius 1 is 0.754 bits per heavy atom. The van der Waals surface area contributed by atoms with E-state index in [-0.39, 0.29) is 38.9 Å². The van der Waals surface area contributed by atoms with E-state index in [1.54, 1.807) is 54.6 Å². The molecule has 0 saturated carbocycles. The van der Waals surface area contributed by atoms with Crippen LogP contribution in [0.25, 0.3) is 11.3 Å². The van der Waals surface area contributed by atoms with Crippen LogP contribution in [0, 0.1) is 10.8 Å². The number of ether oxygens (including phenoxy) is 1. The number of anilines is 4. The molecule has 3 aliphatic heterocycles. The second-order valence-corrected chi connectivity index (χ2v) is 20.7. The first-order valence-electron chi connectivity index (χ1n) is 23.4. The van der Waals surface area contributed by atoms with Crippen LogP contribution in [0.3, 0.4) is 0 Å². The molecule has 5 aliphatic rings. The standard InChI is InChI=1S/C33H38N8O4.C18H18ClN3O2/c1-33(2)16-21-14-27-32(44)40(9-8-39(27)28(21)17-33)26-5-6-34-30(24(26)20-42)22-13-25(31(43)37(3)18-22)35-29-15-23-19-38(11-12-45-4)7-10-41(23)36-29;1-18(2)8-11-7-14-17(24)22(6-5-21(14)15(11)9-18)13-3-4-20-16(19)12(13)10-23/h5-6,13-15,18,20H,7-12,16-17,19H2,1-4H3,(H,35,36);3-4,7,10H,5-6,8-9H2,1-2H3. The number of rotatable bonds is 10. The first kappa shape index (κ1) is 46.1. The van der Waals surface area contributed by atoms with Crippen molar-refractivity contribution in [3.8, 4) is 11.3 Å². The van der Waals surface area contributed by atoms with Crippen molar-refractivity contribution in [3.05, 3.63) is 121 Å². The van der Waals surface area contributed by atoms with Gasteiger partial charge in [-0.05, 0) is 78.0 Å². The molecular formula is C51H56ClN11O6. The largest absolute Gasteiger partial charge is 0.383 e. The third kappa shape index (κ3) is 8.39. The van der Waals surface area contributed by atoms with Gasteiger partial charge in [0.05, 0.1) is 47.0 Å². The molecule has 17 nitrogen and oxygen atoms in total. The van der Waals surface area contributed by atoms with Gasteiger partial charge in [-0.25, -0.2) is 4.98 Å². The molecule has 358 valence electrons. The van der Waals surface area contributed by atoms with Gasteiger partial charge < -0.3 is 33.6 Å². The molecule has 0 fully saturated rings. The number of methoxy groups -OCH3 is 1. The van der Waals surface area contributed by atoms with Crippen molar-refractivity contribution in [2.24, 2.45) is 17.9 Å². The summed E-state index contributed by atoms with van der Waals surface area (Å²) < 4.78 is 12.9. The zero-order chi connectivity index (χ0) is 48.5. The molecule has 6 aromatic rings. The fourth-order valence-electron chi connectivity index (χ4n) is 11.0. The summed E-state index contributed by atoms with van der Waals surface area (Å²) in [6, 6.07) is 11.1. The Bertz CT molecular complexity index is 3140. The predicted octanol–water partition coefficient (Wildman–Crippen LogP) is 6.38. The van der Waals surface area contributed by atoms with Crippen molar-refractivity contribution in [2.75, 3.05) is 55.0 Å². The number of aryl methyl sites for hydroxylation is 1. The zero-order valence-corrected chi connectivity index (χ0v) is 40.6. The van der Waals surface area contributed by atoms with E-state index in [1.165, 1.54) is 33.3 Å². The molecule has 0 bridgehead atoms. The van der Waals surface area contributed by atoms with Gasteiger partial charge in [0.15, 0.2) is 18.4 Å². The quantitative estimate of drug-likeness (QED) is 0.119. The highest BCUT2D eigenvalue weighted by molar-refractivity contribution is 6.32. The Morgan fingerprint density at radius 3 is 1.94 bits per heavy atom. The van der Waals surface area contributed by atoms with Crippen LogP contribution >= 0.6 is 11.6 Å². The Kier molecular flexibility index (Phi) is 11.8. The monoisotopic (exact) mass is 953 g/mol. The number of hydrogen-bond donors (Lipinski definition) is 1. The highest BCUT2D eigenvalue weighted by Crippen LogP contribution is 2.42. The van der Waals surface area contributed by atoms with Gasteiger partial charge in [0.25, 0.3) is 17.4 Å². The van der Waals surface area contributed by atoms with Crippen LogP contribution in [-0.4, -0.2) is 103 Å². The lowest BCUT2D eigenvalue weighted by molar-refractivity contribution is 0.0956. The molecule has 0 unspecified atom stereocenters. The summed E-state index contributed by atoms with van der Waals surface area (Å²) in [7, 11) is 3.36. The molecule has 18 heteroatoms. The minimum absolute atomic E-state index is 0.0844. The molecule has 69 heavy (non-hydrogen) atoms. The van der Waals surface area contributed by atoms with Gasteiger partial charge in [-0.3, -0.25) is 38.5 Å². The molecule has 11 rings (SSSR count). The molecule has 2 amide bonds. The van der Waals surface area contributed by atoms with Crippen LogP contribution in [-0.2, 0) is 63.6 Å². The van der Waals surface area contributed by atoms with Crippen molar-refractivity contribution < 1.29 is 23.9 Å². The Labute approximate surface area is 404 Å². The SMILES string of the molecule is CC1(C)Cc2cc3n(c2C1)CCN(c1ccnc(Cl)c1C=O)C3=O.COCCN1CCn2nc(Nc3cc(-c4nccc(N5CCn6c(cc7c6CC(C)(C)C7)C5=O)c4C=O)cn(C)c3=O)cc2C1. The Morgan fingerprint density at radius 2 is 1.35 bits per heavy atom. The second kappa shape index (κ2) is 17.7. The van der Waals surface area contributed by atoms with Gasteiger partial charge in [-0.1, -0.05) is 39.3 Å². The first-order chi connectivity index (χ1) is 33.1. The summed E-state index contributed by atoms with van der Waals surface area (Å²) in [4.78, 5) is 78.1. The van der Waals surface area contributed by atoms with Crippen LogP contribution in [0.4, 0.5) is 22.9 Å². The maximum absolute atomic E-state index is 13.8. The van der Waals surface area contributed by atoms with E-state index < -0.39 is 0 Å². The third-order valence-electron chi connectivity index (χ3n) is 14.2. The highest BCUT2D eigenvalue weighted by atomic mass is 35.5. The van der Waals surface area contributed by atoms with Gasteiger partial charge in [0.2, 0.25) is 0 Å². The van der Waals surface area contributed by atoms with Crippen molar-refractivity contribution in [1.29, 1.82) is 0 Å². The van der Waals surface area contributed by atoms with Crippen molar-refractivity contribution in [1.82, 2.24) is 38.3 Å². The number of aldehydes is 2. The van der Waals surface area contributed by atoms with E-state index in [4.69, 9.17) is 16.3 Å². The maximum Gasteiger partial charge on any atom is 0.274 e. The number of pyridine rings is 3. The number of halogens is 1. The van der Waals surface area contributed by atoms with E-state index in [0.717, 1.165) is 70.4 Å². The molecule has 0 atom stereocenters. The fourth-order valence-corrected chi connectivity index (χ4v) is 11.2. The smallest absolute Gasteiger partial charge is 0.274 e. The van der Waals surface area contributed by atoms with Crippen molar-refractivity contribution >= 4 is 58.9 Å². The minimum Gasteiger partial charge on any atom is -0.383 e. The fraction of sp³-hybridized carbons (Fsp3) is 0.412. The van der Waals surface area contributed by atoms with E-state index in [0.29, 0.717) is 83.6 Å². The van der Waals surface area contributed by atoms with Crippen molar-refractivity contribution in [2.45, 2.75) is 79.6 Å². The molecular weight excluding hydrogens is 898 g/mol. The van der Waals surface area contributed by atoms with Gasteiger partial charge in [-0.2, -0.15) is 5.10 Å². The maximum atomic E-state index is 13.8. The van der Waals surface area contributed by atoms with E-state index in [2.05, 4.69) is 62.1 Å². The van der Waals surface area contributed by atoms with Gasteiger partial charge in [0.1, 0.15) is 22.2 Å². The second-order valence-electron chi connectivity index (χ2n) is 20.3. The molecule has 6 aromatic heterocycles. The highest BCUT2D eigenvalue weighted by Gasteiger charge is 2.39. The lowest BCUT2D eigenvalue weighted by Crippen LogP contribution is -2.41. The van der Waals surface area contributed by atoms with E-state index in [1.807, 2.05) is 22.9 Å². The summed E-state index contributed by atoms with van der Waals surface area (Å²) >= 11 is 6.00. The van der Waals surface area contributed by atoms with Crippen LogP contribution in [0.15, 0.2) is 59.8 Å². The number of aromatic nitrogens is 7. The van der Waals surface area contributed by atoms with E-state index in [9.17, 15) is 24.0 Å². The van der Waals surface area contributed by atoms with Crippen molar-refractivity contribution in [3.63, 3.8) is 0 Å². The summed E-state index contributed by atoms with van der Waals surface area (Å²) in [5, 5.41) is 8.01. The lowest BCUT2D eigenvalue weighted by Gasteiger charge is -2.31. The predicted molar refractivity (Wildman–Crippen MR) is 262 cm³/mol. The topological polar surface area (TPSA) is 175 Å². The Hall–Kier alpha value is -6.69. The van der Waals surface area contributed by atoms with Crippen LogP contribution in [0.1, 0.15) is 97.6 Å². The minimum atomic E-state index is -0.238. The van der Waals surface area contributed by atoms with E-state index >= 15 is 0 Å². The molecule has 0 saturated heterocycles. The van der Waals surface area contributed by atoms with Gasteiger partial charge >= 0.3 is 0 Å². The van der Waals surface area contributed by atoms with Crippen LogP contribution in [0.5, 0.6) is 0 Å². The first-order valence-corrected chi connectivity index (χ1v) is 23.8. The lowest BCUT2D eigenvalue weighted by atomic mass is 9.90. The summed E-state index contributed by atoms with van der Waals surface area (Å²) in [5.74, 6) is 0.363. The number of hydrogen-bond acceptors (Lipinski definition) is 11. The number of fused-ring (bicyclic) bond motifs is 7. The molecule has 0 radical (unpaired) electrons. The summed E-state index contributed by atoms with van der Waals surface area (Å²) in [6.07, 6.45) is 10.1. The Balaban J connectivity index is 0.000000193. The average molecular weight is 955 g/mol. The molecule has 2 aliphatic carbocycles. The number of carbonyl (C=O) groups is 4. The molecule has 1 N–H and O–H groups in total. The van der Waals surface area contributed by atoms with Gasteiger partial charge in [0, 0.05) is 102 Å². The number of nitrogens with one attached hydrogen (secondary N) is 1. The van der Waals surface area contributed by atoms with Crippen LogP contribution < -0.4 is 20.7 Å². The number of amides is 2. The van der Waals surface area contributed by atoms with Crippen LogP contribution in [0.2, 0.25) is 5.15 Å². The molecule has 0 spiro atoms. The number of nitrogens with zero attached hydrogens (tertiary/aromatic N) is 10. The zero-order valence-electron chi connectivity index (χ0n) is 39.8. The third-order valence-corrected chi connectivity index (χ3v) is 14.5. The molecule has 9 heterocycles.